The van der Waals surface area contributed by atoms with E-state index in [4.69, 9.17) is 9.47 Å². The summed E-state index contributed by atoms with van der Waals surface area (Å²) in [5.41, 5.74) is 0. The number of methoxy groups -OCH3 is 1. The number of nitrogens with one attached hydrogen (secondary N) is 2. The molecule has 0 aromatic heterocycles. The van der Waals surface area contributed by atoms with E-state index in [1.807, 2.05) is 6.92 Å². The Morgan fingerprint density at radius 3 is 2.78 bits per heavy atom. The van der Waals surface area contributed by atoms with Crippen LogP contribution < -0.4 is 10.6 Å². The minimum Gasteiger partial charge on any atom is -0.382 e. The summed E-state index contributed by atoms with van der Waals surface area (Å²) in [7, 11) is 3.42. The standard InChI is InChI=1S/C15H30N4O3.HI/c1-4-6-17-14(20)10-18-15(16-2)19-7-5-13(11-19)12-22-9-8-21-3;/h13H,4-12H2,1-3H3,(H,16,18)(H,17,20);1H. The SMILES string of the molecule is CCCNC(=O)CNC(=NC)N1CCC(COCCOC)C1.I. The molecule has 0 saturated carbocycles. The third kappa shape index (κ3) is 9.31. The largest absolute Gasteiger partial charge is 0.382 e. The zero-order valence-electron chi connectivity index (χ0n) is 14.5. The number of ether oxygens (including phenoxy) is 2. The molecule has 2 N–H and O–H groups in total. The first kappa shape index (κ1) is 22.4. The Balaban J connectivity index is 0.00000484. The van der Waals surface area contributed by atoms with Crippen LogP contribution in [0.25, 0.3) is 0 Å². The van der Waals surface area contributed by atoms with Crippen molar-refractivity contribution >= 4 is 35.8 Å². The molecule has 1 aliphatic rings. The molecule has 0 spiro atoms. The van der Waals surface area contributed by atoms with Crippen molar-refractivity contribution < 1.29 is 14.3 Å². The summed E-state index contributed by atoms with van der Waals surface area (Å²) >= 11 is 0. The van der Waals surface area contributed by atoms with Crippen LogP contribution in [-0.2, 0) is 14.3 Å². The van der Waals surface area contributed by atoms with Gasteiger partial charge in [-0.25, -0.2) is 0 Å². The number of carbonyl (C=O) groups excluding carboxylic acids is 1. The normalized spacial score (nSPS) is 17.8. The highest BCUT2D eigenvalue weighted by Crippen LogP contribution is 2.16. The second-order valence-corrected chi connectivity index (χ2v) is 5.42. The molecule has 23 heavy (non-hydrogen) atoms. The molecule has 0 aliphatic carbocycles. The van der Waals surface area contributed by atoms with Crippen molar-refractivity contribution in [2.75, 3.05) is 60.2 Å². The molecule has 0 aromatic rings. The third-order valence-corrected chi connectivity index (χ3v) is 3.56. The summed E-state index contributed by atoms with van der Waals surface area (Å²) in [6.45, 7) is 6.86. The fourth-order valence-electron chi connectivity index (χ4n) is 2.37. The molecule has 1 unspecified atom stereocenters. The van der Waals surface area contributed by atoms with Gasteiger partial charge in [0, 0.05) is 39.7 Å². The maximum Gasteiger partial charge on any atom is 0.239 e. The Labute approximate surface area is 156 Å². The fraction of sp³-hybridized carbons (Fsp3) is 0.867. The van der Waals surface area contributed by atoms with Crippen molar-refractivity contribution in [3.05, 3.63) is 0 Å². The van der Waals surface area contributed by atoms with Crippen molar-refractivity contribution in [2.24, 2.45) is 10.9 Å². The van der Waals surface area contributed by atoms with Crippen LogP contribution in [0.2, 0.25) is 0 Å². The van der Waals surface area contributed by atoms with Gasteiger partial charge in [-0.15, -0.1) is 24.0 Å². The molecule has 1 atom stereocenters. The number of halogens is 1. The topological polar surface area (TPSA) is 75.2 Å². The van der Waals surface area contributed by atoms with Gasteiger partial charge in [-0.2, -0.15) is 0 Å². The number of aliphatic imine (C=N–C) groups is 1. The number of amides is 1. The summed E-state index contributed by atoms with van der Waals surface area (Å²) in [6.07, 6.45) is 2.02. The van der Waals surface area contributed by atoms with E-state index in [0.29, 0.717) is 25.7 Å². The summed E-state index contributed by atoms with van der Waals surface area (Å²) in [5, 5.41) is 5.96. The van der Waals surface area contributed by atoms with Gasteiger partial charge < -0.3 is 25.0 Å². The van der Waals surface area contributed by atoms with Gasteiger partial charge in [0.1, 0.15) is 0 Å². The smallest absolute Gasteiger partial charge is 0.239 e. The second kappa shape index (κ2) is 13.8. The van der Waals surface area contributed by atoms with Crippen LogP contribution >= 0.6 is 24.0 Å². The average Bonchev–Trinajstić information content (AvgIpc) is 2.99. The van der Waals surface area contributed by atoms with Crippen LogP contribution in [0.1, 0.15) is 19.8 Å². The number of guanidine groups is 1. The lowest BCUT2D eigenvalue weighted by Gasteiger charge is -2.21. The van der Waals surface area contributed by atoms with E-state index < -0.39 is 0 Å². The molecule has 0 aromatic carbocycles. The minimum absolute atomic E-state index is 0. The van der Waals surface area contributed by atoms with Gasteiger partial charge in [-0.1, -0.05) is 6.92 Å². The summed E-state index contributed by atoms with van der Waals surface area (Å²) < 4.78 is 10.5. The molecule has 1 heterocycles. The molecule has 1 aliphatic heterocycles. The molecule has 8 heteroatoms. The predicted octanol–water partition coefficient (Wildman–Crippen LogP) is 0.691. The van der Waals surface area contributed by atoms with Crippen LogP contribution in [0.4, 0.5) is 0 Å². The molecule has 1 amide bonds. The van der Waals surface area contributed by atoms with Crippen LogP contribution in [-0.4, -0.2) is 76.9 Å². The summed E-state index contributed by atoms with van der Waals surface area (Å²) in [4.78, 5) is 18.1. The van der Waals surface area contributed by atoms with Crippen molar-refractivity contribution in [2.45, 2.75) is 19.8 Å². The van der Waals surface area contributed by atoms with E-state index in [1.165, 1.54) is 0 Å². The molecule has 1 fully saturated rings. The number of nitrogens with zero attached hydrogens (tertiary/aromatic N) is 2. The number of hydrogen-bond donors (Lipinski definition) is 2. The highest BCUT2D eigenvalue weighted by atomic mass is 127. The molecular weight excluding hydrogens is 411 g/mol. The Hall–Kier alpha value is -0.610. The zero-order chi connectivity index (χ0) is 16.2. The van der Waals surface area contributed by atoms with Gasteiger partial charge in [0.05, 0.1) is 26.4 Å². The van der Waals surface area contributed by atoms with Crippen molar-refractivity contribution in [1.82, 2.24) is 15.5 Å². The van der Waals surface area contributed by atoms with Gasteiger partial charge in [-0.3, -0.25) is 9.79 Å². The van der Waals surface area contributed by atoms with Gasteiger partial charge in [-0.05, 0) is 12.8 Å². The zero-order valence-corrected chi connectivity index (χ0v) is 16.8. The Morgan fingerprint density at radius 1 is 1.35 bits per heavy atom. The quantitative estimate of drug-likeness (QED) is 0.238. The third-order valence-electron chi connectivity index (χ3n) is 3.56. The highest BCUT2D eigenvalue weighted by molar-refractivity contribution is 14.0. The highest BCUT2D eigenvalue weighted by Gasteiger charge is 2.25. The van der Waals surface area contributed by atoms with Crippen LogP contribution in [0.3, 0.4) is 0 Å². The molecule has 136 valence electrons. The Kier molecular flexibility index (Phi) is 13.4. The number of likely N-dealkylation sites (tertiary alicyclic amines) is 1. The van der Waals surface area contributed by atoms with Crippen molar-refractivity contribution in [1.29, 1.82) is 0 Å². The minimum atomic E-state index is 0. The molecule has 0 bridgehead atoms. The Morgan fingerprint density at radius 2 is 2.13 bits per heavy atom. The van der Waals surface area contributed by atoms with Gasteiger partial charge >= 0.3 is 0 Å². The van der Waals surface area contributed by atoms with Crippen LogP contribution in [0.15, 0.2) is 4.99 Å². The summed E-state index contributed by atoms with van der Waals surface area (Å²) in [5.74, 6) is 1.29. The maximum atomic E-state index is 11.6. The molecule has 1 rings (SSSR count). The Bertz CT molecular complexity index is 356. The van der Waals surface area contributed by atoms with E-state index in [1.54, 1.807) is 14.2 Å². The van der Waals surface area contributed by atoms with E-state index in [0.717, 1.165) is 38.5 Å². The lowest BCUT2D eigenvalue weighted by Crippen LogP contribution is -2.44. The summed E-state index contributed by atoms with van der Waals surface area (Å²) in [6, 6.07) is 0. The van der Waals surface area contributed by atoms with E-state index >= 15 is 0 Å². The van der Waals surface area contributed by atoms with E-state index in [2.05, 4.69) is 20.5 Å². The first-order valence-corrected chi connectivity index (χ1v) is 8.00. The molecule has 1 saturated heterocycles. The molecular formula is C15H31IN4O3. The van der Waals surface area contributed by atoms with Crippen molar-refractivity contribution in [3.63, 3.8) is 0 Å². The number of hydrogen-bond acceptors (Lipinski definition) is 4. The van der Waals surface area contributed by atoms with E-state index in [9.17, 15) is 4.79 Å². The fourth-order valence-corrected chi connectivity index (χ4v) is 2.37. The van der Waals surface area contributed by atoms with Gasteiger partial charge in [0.25, 0.3) is 0 Å². The van der Waals surface area contributed by atoms with Crippen LogP contribution in [0.5, 0.6) is 0 Å². The lowest BCUT2D eigenvalue weighted by atomic mass is 10.1. The maximum absolute atomic E-state index is 11.6. The average molecular weight is 442 g/mol. The number of rotatable bonds is 9. The first-order valence-electron chi connectivity index (χ1n) is 8.00. The van der Waals surface area contributed by atoms with Crippen LogP contribution in [0, 0.1) is 5.92 Å². The van der Waals surface area contributed by atoms with Gasteiger partial charge in [0.15, 0.2) is 5.96 Å². The second-order valence-electron chi connectivity index (χ2n) is 5.42. The molecule has 7 nitrogen and oxygen atoms in total. The monoisotopic (exact) mass is 442 g/mol. The molecule has 0 radical (unpaired) electrons. The number of carbonyl (C=O) groups is 1. The van der Waals surface area contributed by atoms with Crippen molar-refractivity contribution in [3.8, 4) is 0 Å². The first-order chi connectivity index (χ1) is 10.7. The predicted molar refractivity (Wildman–Crippen MR) is 102 cm³/mol. The van der Waals surface area contributed by atoms with E-state index in [-0.39, 0.29) is 36.4 Å². The lowest BCUT2D eigenvalue weighted by molar-refractivity contribution is -0.120. The van der Waals surface area contributed by atoms with Gasteiger partial charge in [0.2, 0.25) is 5.91 Å².